The van der Waals surface area contributed by atoms with Crippen molar-refractivity contribution in [3.05, 3.63) is 23.8 Å². The van der Waals surface area contributed by atoms with Gasteiger partial charge in [0, 0.05) is 29.1 Å². The molecule has 23 atom stereocenters. The first-order chi connectivity index (χ1) is 25.5. The number of hydrogen-bond acceptors (Lipinski definition) is 15. The summed E-state index contributed by atoms with van der Waals surface area (Å²) in [6.07, 6.45) is -13.8. The molecule has 1 spiro atoms. The summed E-state index contributed by atoms with van der Waals surface area (Å²) in [7, 11) is 0. The topological polar surface area (TPSA) is 237 Å². The molecule has 4 saturated heterocycles. The Balaban J connectivity index is 1.02. The van der Waals surface area contributed by atoms with Crippen LogP contribution >= 0.6 is 0 Å². The molecule has 0 unspecified atom stereocenters. The molecule has 15 nitrogen and oxygen atoms in total. The summed E-state index contributed by atoms with van der Waals surface area (Å²) in [6, 6.07) is 0. The third-order valence-electron chi connectivity index (χ3n) is 15.6. The van der Waals surface area contributed by atoms with E-state index >= 15 is 0 Å². The molecule has 3 saturated carbocycles. The van der Waals surface area contributed by atoms with Crippen LogP contribution in [-0.4, -0.2) is 157 Å². The predicted octanol–water partition coefficient (Wildman–Crippen LogP) is -0.778. The van der Waals surface area contributed by atoms with Gasteiger partial charge in [0.1, 0.15) is 48.8 Å². The van der Waals surface area contributed by atoms with E-state index in [1.54, 1.807) is 0 Å². The van der Waals surface area contributed by atoms with Crippen LogP contribution in [0.25, 0.3) is 0 Å². The van der Waals surface area contributed by atoms with E-state index < -0.39 is 109 Å². The van der Waals surface area contributed by atoms with Gasteiger partial charge in [-0.15, -0.1) is 0 Å². The smallest absolute Gasteiger partial charge is 0.187 e. The Kier molecular flexibility index (Phi) is 10.3. The van der Waals surface area contributed by atoms with Crippen LogP contribution in [0, 0.1) is 40.4 Å². The average Bonchev–Trinajstić information content (AvgIpc) is 3.60. The molecule has 0 bridgehead atoms. The maximum absolute atomic E-state index is 12.2. The van der Waals surface area contributed by atoms with Gasteiger partial charge in [0.15, 0.2) is 18.4 Å². The first-order valence-corrected chi connectivity index (χ1v) is 19.8. The minimum Gasteiger partial charge on any atom is -0.394 e. The quantitative estimate of drug-likeness (QED) is 0.156. The normalized spacial score (nSPS) is 58.6. The Bertz CT molecular complexity index is 1450. The molecule has 54 heavy (non-hydrogen) atoms. The summed E-state index contributed by atoms with van der Waals surface area (Å²) in [6.45, 7) is 11.7. The molecule has 0 aromatic carbocycles. The lowest BCUT2D eigenvalue weighted by Crippen LogP contribution is -2.66. The highest BCUT2D eigenvalue weighted by molar-refractivity contribution is 5.30. The van der Waals surface area contributed by atoms with Gasteiger partial charge in [-0.05, 0) is 56.8 Å². The summed E-state index contributed by atoms with van der Waals surface area (Å²) in [5.41, 5.74) is 0.599. The zero-order valence-electron chi connectivity index (χ0n) is 31.5. The highest BCUT2D eigenvalue weighted by Gasteiger charge is 2.72. The van der Waals surface area contributed by atoms with Gasteiger partial charge >= 0.3 is 0 Å². The molecule has 4 aliphatic heterocycles. The molecule has 7 fully saturated rings. The van der Waals surface area contributed by atoms with Crippen LogP contribution in [0.4, 0.5) is 0 Å². The highest BCUT2D eigenvalue weighted by Crippen LogP contribution is 2.70. The van der Waals surface area contributed by atoms with E-state index in [0.717, 1.165) is 30.4 Å². The summed E-state index contributed by atoms with van der Waals surface area (Å²) in [5.74, 6) is -0.412. The van der Waals surface area contributed by atoms with Crippen molar-refractivity contribution >= 4 is 0 Å². The van der Waals surface area contributed by atoms with Gasteiger partial charge in [-0.3, -0.25) is 0 Å². The standard InChI is InChI=1S/C39H60O15/c1-15-8-9-39(49-14-15)16(2)26-22(54-39)11-20-19-7-6-18-10-23(29(44)34(48)37(18,4)21(19)12-25(41)38(20,26)5)51-36-33(31(46)28(43)24(13-40)52-36)53-35-32(47)30(45)27(42)17(3)50-35/h6,16-17,19-36,40-48H,1,7-14H2,2-5H3/t16-,17-,19-,20-,21-,22-,23+,24+,25+,26-,27-,28-,29-,30+,31-,32+,33+,34+,35-,36+,37-,38+,39+/m0/s1. The van der Waals surface area contributed by atoms with Crippen molar-refractivity contribution in [2.75, 3.05) is 13.2 Å². The lowest BCUT2D eigenvalue weighted by Gasteiger charge is -2.61. The molecule has 4 aliphatic carbocycles. The molecule has 8 aliphatic rings. The Hall–Kier alpha value is -1.12. The maximum atomic E-state index is 12.2. The second kappa shape index (κ2) is 14.0. The molecule has 0 amide bonds. The van der Waals surface area contributed by atoms with E-state index in [2.05, 4.69) is 26.5 Å². The molecular formula is C39H60O15. The highest BCUT2D eigenvalue weighted by atomic mass is 16.8. The van der Waals surface area contributed by atoms with E-state index in [0.29, 0.717) is 19.4 Å². The predicted molar refractivity (Wildman–Crippen MR) is 186 cm³/mol. The first kappa shape index (κ1) is 39.7. The van der Waals surface area contributed by atoms with E-state index in [-0.39, 0.29) is 42.1 Å². The summed E-state index contributed by atoms with van der Waals surface area (Å²) < 4.78 is 36.7. The van der Waals surface area contributed by atoms with Crippen molar-refractivity contribution in [3.63, 3.8) is 0 Å². The van der Waals surface area contributed by atoms with Gasteiger partial charge in [0.2, 0.25) is 0 Å². The SMILES string of the molecule is C=C1CC[C@@]2(OC1)O[C@H]1C[C@H]3[C@@H]4CC=C5C[C@@H](O[C@@H]6O[C@H](CO)[C@H](O)[C@H](O)[C@H]6O[C@@H]6O[C@@H](C)[C@H](O)[C@@H](O)[C@H]6O)[C@H](O)[C@@H](O)[C@]5(C)[C@H]4C[C@@H](O)[C@]3(C)[C@H]1[C@@H]2C. The van der Waals surface area contributed by atoms with E-state index in [1.807, 2.05) is 6.92 Å². The molecule has 0 aromatic heterocycles. The van der Waals surface area contributed by atoms with Gasteiger partial charge in [0.05, 0.1) is 43.7 Å². The molecule has 9 N–H and O–H groups in total. The van der Waals surface area contributed by atoms with Crippen LogP contribution in [-0.2, 0) is 28.4 Å². The number of ether oxygens (including phenoxy) is 6. The lowest BCUT2D eigenvalue weighted by molar-refractivity contribution is -0.373. The fraction of sp³-hybridized carbons (Fsp3) is 0.897. The zero-order chi connectivity index (χ0) is 38.8. The number of aliphatic hydroxyl groups excluding tert-OH is 9. The van der Waals surface area contributed by atoms with Crippen LogP contribution < -0.4 is 0 Å². The van der Waals surface area contributed by atoms with Crippen molar-refractivity contribution in [2.45, 2.75) is 164 Å². The van der Waals surface area contributed by atoms with E-state index in [4.69, 9.17) is 28.4 Å². The molecule has 0 aromatic rings. The number of aliphatic hydroxyl groups is 9. The number of hydrogen-bond donors (Lipinski definition) is 9. The third kappa shape index (κ3) is 5.71. The van der Waals surface area contributed by atoms with E-state index in [1.165, 1.54) is 6.92 Å². The first-order valence-electron chi connectivity index (χ1n) is 19.8. The molecule has 0 radical (unpaired) electrons. The number of rotatable bonds is 5. The zero-order valence-corrected chi connectivity index (χ0v) is 31.5. The van der Waals surface area contributed by atoms with Crippen molar-refractivity contribution in [1.82, 2.24) is 0 Å². The second-order valence-corrected chi connectivity index (χ2v) is 18.1. The van der Waals surface area contributed by atoms with Crippen molar-refractivity contribution in [1.29, 1.82) is 0 Å². The third-order valence-corrected chi connectivity index (χ3v) is 15.6. The van der Waals surface area contributed by atoms with Crippen molar-refractivity contribution in [2.24, 2.45) is 40.4 Å². The lowest BCUT2D eigenvalue weighted by atomic mass is 9.45. The molecule has 306 valence electrons. The number of allylic oxidation sites excluding steroid dienone is 1. The molecule has 8 rings (SSSR count). The van der Waals surface area contributed by atoms with Crippen LogP contribution in [0.2, 0.25) is 0 Å². The van der Waals surface area contributed by atoms with Crippen LogP contribution in [0.3, 0.4) is 0 Å². The Morgan fingerprint density at radius 3 is 2.28 bits per heavy atom. The fourth-order valence-electron chi connectivity index (χ4n) is 12.4. The average molecular weight is 769 g/mol. The summed E-state index contributed by atoms with van der Waals surface area (Å²) in [4.78, 5) is 0. The summed E-state index contributed by atoms with van der Waals surface area (Å²) >= 11 is 0. The monoisotopic (exact) mass is 768 g/mol. The Labute approximate surface area is 315 Å². The fourth-order valence-corrected chi connectivity index (χ4v) is 12.4. The van der Waals surface area contributed by atoms with Crippen LogP contribution in [0.1, 0.15) is 66.2 Å². The van der Waals surface area contributed by atoms with Crippen molar-refractivity contribution in [3.8, 4) is 0 Å². The minimum absolute atomic E-state index is 0.0634. The largest absolute Gasteiger partial charge is 0.394 e. The Morgan fingerprint density at radius 1 is 0.852 bits per heavy atom. The van der Waals surface area contributed by atoms with Gasteiger partial charge < -0.3 is 74.4 Å². The molecular weight excluding hydrogens is 708 g/mol. The van der Waals surface area contributed by atoms with Crippen LogP contribution in [0.15, 0.2) is 23.8 Å². The van der Waals surface area contributed by atoms with Gasteiger partial charge in [0.25, 0.3) is 0 Å². The van der Waals surface area contributed by atoms with Crippen LogP contribution in [0.5, 0.6) is 0 Å². The summed E-state index contributed by atoms with van der Waals surface area (Å²) in [5, 5.41) is 98.9. The van der Waals surface area contributed by atoms with Gasteiger partial charge in [-0.25, -0.2) is 0 Å². The maximum Gasteiger partial charge on any atom is 0.187 e. The number of fused-ring (bicyclic) bond motifs is 7. The minimum atomic E-state index is -1.73. The van der Waals surface area contributed by atoms with E-state index in [9.17, 15) is 46.0 Å². The van der Waals surface area contributed by atoms with Gasteiger partial charge in [-0.1, -0.05) is 44.6 Å². The second-order valence-electron chi connectivity index (χ2n) is 18.1. The Morgan fingerprint density at radius 2 is 1.59 bits per heavy atom. The molecule has 4 heterocycles. The molecule has 15 heteroatoms. The van der Waals surface area contributed by atoms with Gasteiger partial charge in [-0.2, -0.15) is 0 Å². The van der Waals surface area contributed by atoms with Crippen molar-refractivity contribution < 1.29 is 74.4 Å².